The fraction of sp³-hybridized carbons (Fsp3) is 0.455. The standard InChI is InChI=1S/C33H45N7O15.La/c1-31(34-28(47)48,25-22(44)19(41)7-10-37(25)13-16-53-4)40(32(2,35-29(49)50)26-23(45)20(42)8-11-38(26)14-17-54-5)33(3,36-30(51)52)27-24(46)21(43)9-12-39(27)15-18-55-6;/h7-12,34-36,44-46H,13-18H2,1-6H3,(H,47,48)(H,49,50)(H,51,52);/q;+3. The molecule has 0 saturated heterocycles. The van der Waals surface area contributed by atoms with Crippen LogP contribution < -0.4 is 32.2 Å². The Morgan fingerprint density at radius 1 is 0.571 bits per heavy atom. The second-order valence-electron chi connectivity index (χ2n) is 12.5. The van der Waals surface area contributed by atoms with Gasteiger partial charge in [-0.3, -0.25) is 30.3 Å². The number of carboxylic acid groups (broad SMARTS) is 3. The number of carbonyl (C=O) groups is 3. The number of nitrogens with zero attached hydrogens (tertiary/aromatic N) is 4. The number of aromatic hydroxyl groups is 3. The third kappa shape index (κ3) is 9.54. The summed E-state index contributed by atoms with van der Waals surface area (Å²) in [4.78, 5) is 79.5. The van der Waals surface area contributed by atoms with Gasteiger partial charge in [0.1, 0.15) is 34.1 Å². The zero-order chi connectivity index (χ0) is 41.5. The summed E-state index contributed by atoms with van der Waals surface area (Å²) in [5.74, 6) is -3.38. The zero-order valence-corrected chi connectivity index (χ0v) is 35.1. The van der Waals surface area contributed by atoms with Gasteiger partial charge in [-0.25, -0.2) is 19.3 Å². The van der Waals surface area contributed by atoms with Crippen LogP contribution in [-0.2, 0) is 50.8 Å². The molecule has 0 spiro atoms. The van der Waals surface area contributed by atoms with Crippen LogP contribution in [0.1, 0.15) is 37.9 Å². The van der Waals surface area contributed by atoms with E-state index in [1.807, 2.05) is 0 Å². The van der Waals surface area contributed by atoms with E-state index in [0.29, 0.717) is 4.90 Å². The van der Waals surface area contributed by atoms with Crippen LogP contribution in [0.15, 0.2) is 51.2 Å². The minimum atomic E-state index is -2.83. The fourth-order valence-corrected chi connectivity index (χ4v) is 6.98. The van der Waals surface area contributed by atoms with Gasteiger partial charge < -0.3 is 58.6 Å². The number of nitrogens with one attached hydrogen (secondary N) is 3. The van der Waals surface area contributed by atoms with Crippen molar-refractivity contribution < 1.29 is 94.8 Å². The van der Waals surface area contributed by atoms with E-state index in [-0.39, 0.29) is 75.1 Å². The number of aromatic nitrogens is 3. The molecule has 0 aliphatic heterocycles. The minimum absolute atomic E-state index is 0. The SMILES string of the molecule is COCCn1ccc(=O)c(O)c1C(C)(NC(=O)O)N(C(C)(NC(=O)O)c1c(O)c(=O)ccn1CCOC)C(C)(NC(=O)O)c1c(O)c(=O)ccn1CCOC.[La+3]. The van der Waals surface area contributed by atoms with Crippen molar-refractivity contribution in [3.8, 4) is 17.2 Å². The van der Waals surface area contributed by atoms with E-state index in [4.69, 9.17) is 14.2 Å². The van der Waals surface area contributed by atoms with Gasteiger partial charge in [-0.1, -0.05) is 0 Å². The van der Waals surface area contributed by atoms with E-state index in [0.717, 1.165) is 71.3 Å². The van der Waals surface area contributed by atoms with Crippen LogP contribution in [0.25, 0.3) is 0 Å². The fourth-order valence-electron chi connectivity index (χ4n) is 6.98. The second kappa shape index (κ2) is 19.3. The van der Waals surface area contributed by atoms with E-state index in [9.17, 15) is 59.4 Å². The van der Waals surface area contributed by atoms with Crippen molar-refractivity contribution in [1.82, 2.24) is 34.6 Å². The van der Waals surface area contributed by atoms with E-state index >= 15 is 0 Å². The Labute approximate surface area is 346 Å². The van der Waals surface area contributed by atoms with Crippen molar-refractivity contribution in [2.24, 2.45) is 0 Å². The van der Waals surface area contributed by atoms with E-state index in [1.54, 1.807) is 0 Å². The van der Waals surface area contributed by atoms with Gasteiger partial charge in [0.2, 0.25) is 16.3 Å². The quantitative estimate of drug-likeness (QED) is 0.0773. The van der Waals surface area contributed by atoms with Gasteiger partial charge in [0.25, 0.3) is 0 Å². The summed E-state index contributed by atoms with van der Waals surface area (Å²) in [7, 11) is 3.96. The van der Waals surface area contributed by atoms with Crippen LogP contribution in [-0.4, -0.2) is 109 Å². The average molecular weight is 919 g/mol. The predicted octanol–water partition coefficient (Wildman–Crippen LogP) is 0.251. The number of hydrogen-bond donors (Lipinski definition) is 9. The molecule has 0 fully saturated rings. The third-order valence-electron chi connectivity index (χ3n) is 8.84. The Balaban J connectivity index is 0.0000108. The van der Waals surface area contributed by atoms with Crippen LogP contribution in [0, 0.1) is 35.6 Å². The molecule has 3 amide bonds. The van der Waals surface area contributed by atoms with Gasteiger partial charge in [-0.2, -0.15) is 0 Å². The van der Waals surface area contributed by atoms with Gasteiger partial charge >= 0.3 is 53.9 Å². The first-order chi connectivity index (χ1) is 25.7. The molecule has 22 nitrogen and oxygen atoms in total. The Morgan fingerprint density at radius 3 is 1.00 bits per heavy atom. The molecule has 3 aromatic heterocycles. The van der Waals surface area contributed by atoms with Crippen LogP contribution >= 0.6 is 0 Å². The van der Waals surface area contributed by atoms with Crippen molar-refractivity contribution >= 4 is 18.3 Å². The molecule has 56 heavy (non-hydrogen) atoms. The summed E-state index contributed by atoms with van der Waals surface area (Å²) in [6.45, 7) is 1.99. The summed E-state index contributed by atoms with van der Waals surface area (Å²) in [5.41, 5.74) is -13.7. The van der Waals surface area contributed by atoms with Crippen molar-refractivity contribution in [3.05, 3.63) is 84.5 Å². The number of ether oxygens (including phenoxy) is 3. The first-order valence-electron chi connectivity index (χ1n) is 16.3. The second-order valence-corrected chi connectivity index (χ2v) is 12.5. The van der Waals surface area contributed by atoms with E-state index in [2.05, 4.69) is 16.0 Å². The van der Waals surface area contributed by atoms with Crippen molar-refractivity contribution in [2.75, 3.05) is 41.2 Å². The summed E-state index contributed by atoms with van der Waals surface area (Å²) >= 11 is 0. The Hall–Kier alpha value is -4.91. The maximum absolute atomic E-state index is 13.3. The monoisotopic (exact) mass is 918 g/mol. The molecule has 3 rings (SSSR count). The largest absolute Gasteiger partial charge is 3.00 e. The Kier molecular flexibility index (Phi) is 16.3. The minimum Gasteiger partial charge on any atom is -0.503 e. The Bertz CT molecular complexity index is 1860. The van der Waals surface area contributed by atoms with Gasteiger partial charge in [0.05, 0.1) is 19.8 Å². The molecular weight excluding hydrogens is 873 g/mol. The smallest absolute Gasteiger partial charge is 0.503 e. The van der Waals surface area contributed by atoms with E-state index in [1.165, 1.54) is 21.3 Å². The molecule has 3 heterocycles. The van der Waals surface area contributed by atoms with Crippen LogP contribution in [0.4, 0.5) is 14.4 Å². The average Bonchev–Trinajstić information content (AvgIpc) is 3.08. The molecule has 3 aromatic rings. The van der Waals surface area contributed by atoms with Crippen LogP contribution in [0.2, 0.25) is 0 Å². The van der Waals surface area contributed by atoms with Gasteiger partial charge in [0.15, 0.2) is 17.2 Å². The van der Waals surface area contributed by atoms with E-state index < -0.39 is 85.9 Å². The molecule has 3 unspecified atom stereocenters. The first kappa shape index (κ1) is 47.2. The summed E-state index contributed by atoms with van der Waals surface area (Å²) in [5, 5.41) is 72.9. The van der Waals surface area contributed by atoms with Crippen molar-refractivity contribution in [1.29, 1.82) is 0 Å². The van der Waals surface area contributed by atoms with Crippen molar-refractivity contribution in [2.45, 2.75) is 57.4 Å². The predicted molar refractivity (Wildman–Crippen MR) is 190 cm³/mol. The molecule has 0 aliphatic carbocycles. The van der Waals surface area contributed by atoms with Gasteiger partial charge in [0, 0.05) is 77.8 Å². The first-order valence-corrected chi connectivity index (χ1v) is 16.3. The molecule has 302 valence electrons. The summed E-state index contributed by atoms with van der Waals surface area (Å²) in [6, 6.07) is 2.79. The normalized spacial score (nSPS) is 14.4. The number of amides is 3. The van der Waals surface area contributed by atoms with Crippen molar-refractivity contribution in [3.63, 3.8) is 0 Å². The molecule has 0 bridgehead atoms. The Morgan fingerprint density at radius 2 is 0.804 bits per heavy atom. The van der Waals surface area contributed by atoms with Gasteiger partial charge in [-0.05, 0) is 20.8 Å². The molecule has 23 heteroatoms. The zero-order valence-electron chi connectivity index (χ0n) is 31.4. The molecule has 0 aromatic carbocycles. The molecule has 0 saturated carbocycles. The number of rotatable bonds is 18. The maximum Gasteiger partial charge on any atom is 3.00 e. The number of methoxy groups -OCH3 is 3. The maximum atomic E-state index is 13.3. The number of pyridine rings is 3. The number of hydrogen-bond acceptors (Lipinski definition) is 13. The molecule has 3 atom stereocenters. The van der Waals surface area contributed by atoms with Crippen LogP contribution in [0.5, 0.6) is 17.2 Å². The van der Waals surface area contributed by atoms with Crippen LogP contribution in [0.3, 0.4) is 0 Å². The molecule has 0 radical (unpaired) electrons. The summed E-state index contributed by atoms with van der Waals surface area (Å²) < 4.78 is 19.0. The van der Waals surface area contributed by atoms with Gasteiger partial charge in [-0.15, -0.1) is 0 Å². The molecular formula is C33H45LaN7O15+3. The molecule has 9 N–H and O–H groups in total. The topological polar surface area (TPSA) is 306 Å². The molecule has 0 aliphatic rings. The third-order valence-corrected chi connectivity index (χ3v) is 8.84. The summed E-state index contributed by atoms with van der Waals surface area (Å²) in [6.07, 6.45) is -2.28.